The second-order valence-electron chi connectivity index (χ2n) is 5.96. The van der Waals surface area contributed by atoms with Crippen LogP contribution in [-0.2, 0) is 13.1 Å². The fraction of sp³-hybridized carbons (Fsp3) is 0.381. The third-order valence-electron chi connectivity index (χ3n) is 3.95. The van der Waals surface area contributed by atoms with Crippen LogP contribution in [0.15, 0.2) is 42.5 Å². The van der Waals surface area contributed by atoms with Crippen LogP contribution in [-0.4, -0.2) is 13.7 Å². The lowest BCUT2D eigenvalue weighted by atomic mass is 10.1. The zero-order chi connectivity index (χ0) is 17.9. The highest BCUT2D eigenvalue weighted by atomic mass is 16.5. The van der Waals surface area contributed by atoms with E-state index in [1.165, 1.54) is 12.8 Å². The molecule has 0 saturated heterocycles. The summed E-state index contributed by atoms with van der Waals surface area (Å²) in [4.78, 5) is 0. The molecular weight excluding hydrogens is 312 g/mol. The number of rotatable bonds is 10. The second-order valence-corrected chi connectivity index (χ2v) is 5.96. The van der Waals surface area contributed by atoms with Crippen molar-refractivity contribution >= 4 is 0 Å². The summed E-state index contributed by atoms with van der Waals surface area (Å²) >= 11 is 0. The van der Waals surface area contributed by atoms with Crippen molar-refractivity contribution in [2.45, 2.75) is 39.3 Å². The number of benzene rings is 2. The van der Waals surface area contributed by atoms with Crippen LogP contribution in [0.2, 0.25) is 0 Å². The van der Waals surface area contributed by atoms with Gasteiger partial charge < -0.3 is 14.8 Å². The molecule has 0 spiro atoms. The average Bonchev–Trinajstić information content (AvgIpc) is 2.65. The van der Waals surface area contributed by atoms with E-state index in [4.69, 9.17) is 14.7 Å². The molecule has 0 aliphatic carbocycles. The van der Waals surface area contributed by atoms with Gasteiger partial charge in [-0.05, 0) is 41.8 Å². The largest absolute Gasteiger partial charge is 0.493 e. The molecule has 2 rings (SSSR count). The first-order chi connectivity index (χ1) is 12.3. The fourth-order valence-corrected chi connectivity index (χ4v) is 2.58. The van der Waals surface area contributed by atoms with Crippen LogP contribution < -0.4 is 14.8 Å². The third-order valence-corrected chi connectivity index (χ3v) is 3.95. The Kier molecular flexibility index (Phi) is 7.81. The van der Waals surface area contributed by atoms with Crippen LogP contribution in [0, 0.1) is 11.3 Å². The smallest absolute Gasteiger partial charge is 0.161 e. The Morgan fingerprint density at radius 3 is 2.52 bits per heavy atom. The van der Waals surface area contributed by atoms with Gasteiger partial charge in [0, 0.05) is 13.1 Å². The minimum absolute atomic E-state index is 0.687. The molecule has 0 fully saturated rings. The summed E-state index contributed by atoms with van der Waals surface area (Å²) in [6.07, 6.45) is 3.40. The van der Waals surface area contributed by atoms with Gasteiger partial charge in [0.15, 0.2) is 11.5 Å². The first-order valence-electron chi connectivity index (χ1n) is 8.76. The predicted octanol–water partition coefficient (Wildman–Crippen LogP) is 4.43. The Hall–Kier alpha value is -2.51. The van der Waals surface area contributed by atoms with E-state index in [0.29, 0.717) is 18.7 Å². The van der Waals surface area contributed by atoms with Gasteiger partial charge in [0.25, 0.3) is 0 Å². The lowest BCUT2D eigenvalue weighted by Crippen LogP contribution is -2.13. The van der Waals surface area contributed by atoms with Gasteiger partial charge >= 0.3 is 0 Å². The van der Waals surface area contributed by atoms with E-state index in [1.54, 1.807) is 7.11 Å². The number of ether oxygens (including phenoxy) is 2. The van der Waals surface area contributed by atoms with E-state index in [-0.39, 0.29) is 0 Å². The molecule has 0 aliphatic rings. The van der Waals surface area contributed by atoms with E-state index >= 15 is 0 Å². The summed E-state index contributed by atoms with van der Waals surface area (Å²) in [7, 11) is 1.66. The molecule has 2 aromatic rings. The number of methoxy groups -OCH3 is 1. The molecule has 4 heteroatoms. The zero-order valence-corrected chi connectivity index (χ0v) is 15.0. The van der Waals surface area contributed by atoms with Crippen LogP contribution in [0.1, 0.15) is 42.9 Å². The molecule has 4 nitrogen and oxygen atoms in total. The molecule has 1 N–H and O–H groups in total. The molecule has 0 aliphatic heterocycles. The number of unbranched alkanes of at least 4 members (excludes halogenated alkanes) is 2. The van der Waals surface area contributed by atoms with Crippen molar-refractivity contribution in [2.75, 3.05) is 13.7 Å². The minimum atomic E-state index is 0.687. The molecule has 0 radical (unpaired) electrons. The molecule has 2 aromatic carbocycles. The van der Waals surface area contributed by atoms with E-state index in [1.807, 2.05) is 42.5 Å². The SMILES string of the molecule is CCCCCOc1cc(CNCc2cccc(C#N)c2)ccc1OC. The molecule has 0 saturated carbocycles. The Morgan fingerprint density at radius 1 is 1.00 bits per heavy atom. The van der Waals surface area contributed by atoms with Gasteiger partial charge in [-0.25, -0.2) is 0 Å². The van der Waals surface area contributed by atoms with E-state index in [0.717, 1.165) is 35.6 Å². The van der Waals surface area contributed by atoms with Crippen LogP contribution in [0.4, 0.5) is 0 Å². The van der Waals surface area contributed by atoms with E-state index in [9.17, 15) is 0 Å². The molecule has 0 amide bonds. The topological polar surface area (TPSA) is 54.3 Å². The number of hydrogen-bond donors (Lipinski definition) is 1. The van der Waals surface area contributed by atoms with Crippen LogP contribution in [0.3, 0.4) is 0 Å². The van der Waals surface area contributed by atoms with E-state index in [2.05, 4.69) is 18.3 Å². The third kappa shape index (κ3) is 6.13. The average molecular weight is 338 g/mol. The lowest BCUT2D eigenvalue weighted by molar-refractivity contribution is 0.285. The Bertz CT molecular complexity index is 707. The van der Waals surface area contributed by atoms with Crippen molar-refractivity contribution < 1.29 is 9.47 Å². The highest BCUT2D eigenvalue weighted by Crippen LogP contribution is 2.28. The standard InChI is InChI=1S/C21H26N2O2/c1-3-4-5-11-25-21-13-19(9-10-20(21)24-2)16-23-15-18-8-6-7-17(12-18)14-22/h6-10,12-13,23H,3-5,11,15-16H2,1-2H3. The molecule has 0 atom stereocenters. The Morgan fingerprint density at radius 2 is 1.80 bits per heavy atom. The van der Waals surface area contributed by atoms with Crippen molar-refractivity contribution in [2.24, 2.45) is 0 Å². The minimum Gasteiger partial charge on any atom is -0.493 e. The lowest BCUT2D eigenvalue weighted by Gasteiger charge is -2.13. The van der Waals surface area contributed by atoms with Crippen molar-refractivity contribution in [1.82, 2.24) is 5.32 Å². The molecule has 0 heterocycles. The van der Waals surface area contributed by atoms with Gasteiger partial charge in [-0.3, -0.25) is 0 Å². The normalized spacial score (nSPS) is 10.3. The number of nitrogens with one attached hydrogen (secondary N) is 1. The van der Waals surface area contributed by atoms with Crippen molar-refractivity contribution in [3.63, 3.8) is 0 Å². The van der Waals surface area contributed by atoms with Crippen molar-refractivity contribution in [3.05, 3.63) is 59.2 Å². The number of nitrogens with zero attached hydrogens (tertiary/aromatic N) is 1. The summed E-state index contributed by atoms with van der Waals surface area (Å²) in [5.74, 6) is 1.56. The molecule has 0 aromatic heterocycles. The molecule has 0 bridgehead atoms. The maximum absolute atomic E-state index is 8.95. The monoisotopic (exact) mass is 338 g/mol. The number of hydrogen-bond acceptors (Lipinski definition) is 4. The zero-order valence-electron chi connectivity index (χ0n) is 15.0. The molecular formula is C21H26N2O2. The molecule has 132 valence electrons. The van der Waals surface area contributed by atoms with Crippen LogP contribution >= 0.6 is 0 Å². The fourth-order valence-electron chi connectivity index (χ4n) is 2.58. The van der Waals surface area contributed by atoms with Gasteiger partial charge in [-0.15, -0.1) is 0 Å². The first kappa shape index (κ1) is 18.8. The highest BCUT2D eigenvalue weighted by molar-refractivity contribution is 5.43. The predicted molar refractivity (Wildman–Crippen MR) is 99.7 cm³/mol. The summed E-state index contributed by atoms with van der Waals surface area (Å²) in [6, 6.07) is 15.8. The summed E-state index contributed by atoms with van der Waals surface area (Å²) in [5.41, 5.74) is 2.93. The van der Waals surface area contributed by atoms with Gasteiger partial charge in [-0.1, -0.05) is 38.0 Å². The first-order valence-corrected chi connectivity index (χ1v) is 8.76. The van der Waals surface area contributed by atoms with Gasteiger partial charge in [-0.2, -0.15) is 5.26 Å². The Balaban J connectivity index is 1.91. The van der Waals surface area contributed by atoms with Crippen molar-refractivity contribution in [3.8, 4) is 17.6 Å². The van der Waals surface area contributed by atoms with Crippen molar-refractivity contribution in [1.29, 1.82) is 5.26 Å². The summed E-state index contributed by atoms with van der Waals surface area (Å²) < 4.78 is 11.3. The highest BCUT2D eigenvalue weighted by Gasteiger charge is 2.06. The van der Waals surface area contributed by atoms with Gasteiger partial charge in [0.2, 0.25) is 0 Å². The number of nitriles is 1. The van der Waals surface area contributed by atoms with Gasteiger partial charge in [0.1, 0.15) is 0 Å². The van der Waals surface area contributed by atoms with Crippen LogP contribution in [0.25, 0.3) is 0 Å². The molecule has 25 heavy (non-hydrogen) atoms. The summed E-state index contributed by atoms with van der Waals surface area (Å²) in [5, 5.41) is 12.4. The summed E-state index contributed by atoms with van der Waals surface area (Å²) in [6.45, 7) is 4.33. The van der Waals surface area contributed by atoms with Gasteiger partial charge in [0.05, 0.1) is 25.3 Å². The maximum Gasteiger partial charge on any atom is 0.161 e. The Labute approximate surface area is 150 Å². The van der Waals surface area contributed by atoms with E-state index < -0.39 is 0 Å². The quantitative estimate of drug-likeness (QED) is 0.651. The van der Waals surface area contributed by atoms with Crippen LogP contribution in [0.5, 0.6) is 11.5 Å². The molecule has 0 unspecified atom stereocenters. The maximum atomic E-state index is 8.95. The second kappa shape index (κ2) is 10.4.